The molecule has 0 radical (unpaired) electrons. The summed E-state index contributed by atoms with van der Waals surface area (Å²) in [5.74, 6) is 0.0817. The van der Waals surface area contributed by atoms with Gasteiger partial charge in [-0.2, -0.15) is 17.6 Å². The van der Waals surface area contributed by atoms with Crippen molar-refractivity contribution in [1.29, 1.82) is 0 Å². The van der Waals surface area contributed by atoms with E-state index >= 15 is 0 Å². The topological polar surface area (TPSA) is 89.6 Å². The first-order chi connectivity index (χ1) is 6.59. The molecule has 3 N–H and O–H groups in total. The second-order valence-electron chi connectivity index (χ2n) is 2.91. The van der Waals surface area contributed by atoms with Crippen LogP contribution in [0.4, 0.5) is 5.95 Å². The Labute approximate surface area is 84.6 Å². The van der Waals surface area contributed by atoms with Crippen molar-refractivity contribution < 1.29 is 0 Å². The number of nitrogen functional groups attached to an aromatic ring is 1. The molecule has 1 atom stereocenters. The summed E-state index contributed by atoms with van der Waals surface area (Å²) in [6.07, 6.45) is 1.52. The summed E-state index contributed by atoms with van der Waals surface area (Å²) in [6.45, 7) is 1.85. The quantitative estimate of drug-likeness (QED) is 0.586. The number of thiol groups is 1. The molecule has 0 aromatic carbocycles. The van der Waals surface area contributed by atoms with Gasteiger partial charge >= 0.3 is 0 Å². The molecule has 74 valence electrons. The van der Waals surface area contributed by atoms with Gasteiger partial charge in [0.25, 0.3) is 5.56 Å². The summed E-state index contributed by atoms with van der Waals surface area (Å²) in [5, 5.41) is -0.103. The lowest BCUT2D eigenvalue weighted by Gasteiger charge is -2.05. The van der Waals surface area contributed by atoms with E-state index < -0.39 is 0 Å². The van der Waals surface area contributed by atoms with Gasteiger partial charge in [0.15, 0.2) is 11.2 Å². The average Bonchev–Trinajstić information content (AvgIpc) is 2.47. The maximum Gasteiger partial charge on any atom is 0.280 e. The van der Waals surface area contributed by atoms with Crippen LogP contribution in [0, 0.1) is 0 Å². The number of hydrogen-bond acceptors (Lipinski definition) is 5. The number of imidazole rings is 1. The first-order valence-corrected chi connectivity index (χ1v) is 4.51. The maximum atomic E-state index is 11.4. The fraction of sp³-hybridized carbons (Fsp3) is 0.286. The van der Waals surface area contributed by atoms with Crippen LogP contribution in [0.5, 0.6) is 0 Å². The van der Waals surface area contributed by atoms with Crippen molar-refractivity contribution in [3.8, 4) is 0 Å². The lowest BCUT2D eigenvalue weighted by atomic mass is 10.5. The molecule has 7 heteroatoms. The molecule has 0 fully saturated rings. The number of nitrogens with zero attached hydrogens (tertiary/aromatic N) is 3. The van der Waals surface area contributed by atoms with Gasteiger partial charge in [0, 0.05) is 0 Å². The van der Waals surface area contributed by atoms with E-state index in [1.54, 1.807) is 4.57 Å². The van der Waals surface area contributed by atoms with Gasteiger partial charge in [0.1, 0.15) is 0 Å². The number of aromatic nitrogens is 4. The summed E-state index contributed by atoms with van der Waals surface area (Å²) in [5.41, 5.74) is 5.82. The minimum absolute atomic E-state index is 0.0817. The lowest BCUT2D eigenvalue weighted by molar-refractivity contribution is 0.760. The number of H-pyrrole nitrogens is 1. The molecule has 2 aromatic rings. The molecule has 6 nitrogen and oxygen atoms in total. The Kier molecular flexibility index (Phi) is 1.95. The molecule has 2 heterocycles. The second-order valence-corrected chi connectivity index (χ2v) is 3.65. The van der Waals surface area contributed by atoms with Gasteiger partial charge in [0.05, 0.1) is 11.7 Å². The highest BCUT2D eigenvalue weighted by Crippen LogP contribution is 2.15. The van der Waals surface area contributed by atoms with Crippen molar-refractivity contribution in [3.63, 3.8) is 0 Å². The number of fused-ring (bicyclic) bond motifs is 1. The van der Waals surface area contributed by atoms with Gasteiger partial charge < -0.3 is 10.3 Å². The van der Waals surface area contributed by atoms with Crippen LogP contribution in [0.25, 0.3) is 11.2 Å². The number of hydrogen-bond donors (Lipinski definition) is 3. The average molecular weight is 211 g/mol. The van der Waals surface area contributed by atoms with Crippen LogP contribution >= 0.6 is 12.6 Å². The summed E-state index contributed by atoms with van der Waals surface area (Å²) < 4.78 is 1.67. The Hall–Kier alpha value is -1.50. The van der Waals surface area contributed by atoms with E-state index in [1.807, 2.05) is 6.92 Å². The standard InChI is InChI=1S/C7H9N5OS/c1-3(14)12-2-9-4-5(12)10-7(8)11-6(4)13/h2-3,14H,1H3,(H3,8,10,11,13). The number of rotatable bonds is 1. The molecule has 0 aliphatic heterocycles. The van der Waals surface area contributed by atoms with E-state index in [0.29, 0.717) is 5.65 Å². The molecule has 14 heavy (non-hydrogen) atoms. The van der Waals surface area contributed by atoms with Crippen molar-refractivity contribution in [2.24, 2.45) is 0 Å². The highest BCUT2D eigenvalue weighted by atomic mass is 32.1. The summed E-state index contributed by atoms with van der Waals surface area (Å²) in [6, 6.07) is 0. The molecule has 0 saturated carbocycles. The Bertz CT molecular complexity index is 528. The molecule has 0 aliphatic carbocycles. The number of aromatic amines is 1. The molecule has 0 bridgehead atoms. The lowest BCUT2D eigenvalue weighted by Crippen LogP contribution is -2.12. The highest BCUT2D eigenvalue weighted by molar-refractivity contribution is 7.80. The SMILES string of the molecule is CC(S)n1cnc2c(=O)[nH]c(N)nc21. The first-order valence-electron chi connectivity index (χ1n) is 4.00. The largest absolute Gasteiger partial charge is 0.369 e. The van der Waals surface area contributed by atoms with Crippen molar-refractivity contribution >= 4 is 29.7 Å². The zero-order chi connectivity index (χ0) is 10.3. The van der Waals surface area contributed by atoms with E-state index in [9.17, 15) is 4.79 Å². The van der Waals surface area contributed by atoms with E-state index in [4.69, 9.17) is 5.73 Å². The molecular weight excluding hydrogens is 202 g/mol. The van der Waals surface area contributed by atoms with Gasteiger partial charge in [-0.25, -0.2) is 4.98 Å². The molecule has 1 unspecified atom stereocenters. The summed E-state index contributed by atoms with van der Waals surface area (Å²) in [7, 11) is 0. The smallest absolute Gasteiger partial charge is 0.280 e. The number of nitrogens with two attached hydrogens (primary N) is 1. The molecule has 2 aromatic heterocycles. The van der Waals surface area contributed by atoms with Gasteiger partial charge in [0.2, 0.25) is 5.95 Å². The fourth-order valence-electron chi connectivity index (χ4n) is 1.22. The van der Waals surface area contributed by atoms with Crippen LogP contribution in [0.3, 0.4) is 0 Å². The predicted molar refractivity (Wildman–Crippen MR) is 56.3 cm³/mol. The van der Waals surface area contributed by atoms with E-state index in [1.165, 1.54) is 6.33 Å². The zero-order valence-electron chi connectivity index (χ0n) is 7.43. The molecule has 2 rings (SSSR count). The first kappa shape index (κ1) is 9.07. The van der Waals surface area contributed by atoms with E-state index in [0.717, 1.165) is 0 Å². The van der Waals surface area contributed by atoms with Crippen LogP contribution in [0.1, 0.15) is 12.3 Å². The van der Waals surface area contributed by atoms with Gasteiger partial charge in [-0.15, -0.1) is 0 Å². The third-order valence-corrected chi connectivity index (χ3v) is 2.10. The van der Waals surface area contributed by atoms with Crippen molar-refractivity contribution in [2.45, 2.75) is 12.3 Å². The molecule has 0 saturated heterocycles. The van der Waals surface area contributed by atoms with Crippen LogP contribution in [-0.2, 0) is 0 Å². The highest BCUT2D eigenvalue weighted by Gasteiger charge is 2.10. The second kappa shape index (κ2) is 3.02. The normalized spacial score (nSPS) is 13.3. The third kappa shape index (κ3) is 1.25. The van der Waals surface area contributed by atoms with Gasteiger partial charge in [-0.3, -0.25) is 9.78 Å². The van der Waals surface area contributed by atoms with Crippen LogP contribution in [0.2, 0.25) is 0 Å². The van der Waals surface area contributed by atoms with Gasteiger partial charge in [-0.1, -0.05) is 0 Å². The summed E-state index contributed by atoms with van der Waals surface area (Å²) >= 11 is 4.23. The van der Waals surface area contributed by atoms with E-state index in [2.05, 4.69) is 27.6 Å². The Morgan fingerprint density at radius 2 is 2.43 bits per heavy atom. The van der Waals surface area contributed by atoms with Crippen molar-refractivity contribution in [2.75, 3.05) is 5.73 Å². The van der Waals surface area contributed by atoms with E-state index in [-0.39, 0.29) is 22.4 Å². The van der Waals surface area contributed by atoms with Crippen molar-refractivity contribution in [1.82, 2.24) is 19.5 Å². The maximum absolute atomic E-state index is 11.4. The minimum atomic E-state index is -0.333. The van der Waals surface area contributed by atoms with Gasteiger partial charge in [-0.05, 0) is 6.92 Å². The van der Waals surface area contributed by atoms with Crippen LogP contribution in [0.15, 0.2) is 11.1 Å². The zero-order valence-corrected chi connectivity index (χ0v) is 8.32. The molecule has 0 spiro atoms. The Balaban J connectivity index is 2.85. The Morgan fingerprint density at radius 3 is 3.07 bits per heavy atom. The Morgan fingerprint density at radius 1 is 1.71 bits per heavy atom. The summed E-state index contributed by atoms with van der Waals surface area (Å²) in [4.78, 5) is 21.7. The van der Waals surface area contributed by atoms with Crippen LogP contribution in [-0.4, -0.2) is 19.5 Å². The molecule has 0 amide bonds. The predicted octanol–water partition coefficient (Wildman–Crippen LogP) is 0.150. The number of nitrogens with one attached hydrogen (secondary N) is 1. The van der Waals surface area contributed by atoms with Crippen LogP contribution < -0.4 is 11.3 Å². The van der Waals surface area contributed by atoms with Crippen molar-refractivity contribution in [3.05, 3.63) is 16.7 Å². The third-order valence-electron chi connectivity index (χ3n) is 1.85. The molecular formula is C7H9N5OS. The molecule has 0 aliphatic rings. The fourth-order valence-corrected chi connectivity index (χ4v) is 1.39. The number of anilines is 1. The minimum Gasteiger partial charge on any atom is -0.369 e. The monoisotopic (exact) mass is 211 g/mol.